The maximum atomic E-state index is 12.5. The summed E-state index contributed by atoms with van der Waals surface area (Å²) in [4.78, 5) is 35.7. The van der Waals surface area contributed by atoms with Gasteiger partial charge in [-0.2, -0.15) is 0 Å². The number of ketones is 1. The van der Waals surface area contributed by atoms with Crippen LogP contribution in [0.2, 0.25) is 0 Å². The van der Waals surface area contributed by atoms with Gasteiger partial charge in [-0.3, -0.25) is 14.4 Å². The molecule has 1 amide bonds. The van der Waals surface area contributed by atoms with Gasteiger partial charge in [0.05, 0.1) is 26.2 Å². The lowest BCUT2D eigenvalue weighted by atomic mass is 10.0. The number of rotatable bonds is 10. The number of carbonyl (C=O) groups is 3. The third-order valence-electron chi connectivity index (χ3n) is 4.42. The maximum Gasteiger partial charge on any atom is 0.308 e. The molecule has 0 radical (unpaired) electrons. The van der Waals surface area contributed by atoms with E-state index in [0.29, 0.717) is 29.2 Å². The Labute approximate surface area is 176 Å². The first-order valence-electron chi connectivity index (χ1n) is 9.67. The van der Waals surface area contributed by atoms with Gasteiger partial charge in [0.15, 0.2) is 5.78 Å². The van der Waals surface area contributed by atoms with Gasteiger partial charge in [0, 0.05) is 18.1 Å². The lowest BCUT2D eigenvalue weighted by Crippen LogP contribution is -2.28. The molecular weight excluding hydrogens is 386 g/mol. The number of methoxy groups -OCH3 is 1. The number of carbonyl (C=O) groups excluding carboxylic acids is 3. The van der Waals surface area contributed by atoms with Crippen molar-refractivity contribution in [3.63, 3.8) is 0 Å². The first-order chi connectivity index (χ1) is 14.3. The van der Waals surface area contributed by atoms with E-state index in [1.165, 1.54) is 13.8 Å². The largest absolute Gasteiger partial charge is 0.497 e. The van der Waals surface area contributed by atoms with Gasteiger partial charge in [0.2, 0.25) is 5.91 Å². The highest BCUT2D eigenvalue weighted by Crippen LogP contribution is 2.24. The minimum Gasteiger partial charge on any atom is -0.497 e. The lowest BCUT2D eigenvalue weighted by Gasteiger charge is -2.18. The molecule has 7 nitrogen and oxygen atoms in total. The van der Waals surface area contributed by atoms with Crippen molar-refractivity contribution >= 4 is 17.7 Å². The molecule has 0 aliphatic heterocycles. The molecule has 2 aromatic rings. The first kappa shape index (κ1) is 22.9. The summed E-state index contributed by atoms with van der Waals surface area (Å²) < 4.78 is 16.1. The van der Waals surface area contributed by atoms with Crippen molar-refractivity contribution < 1.29 is 28.6 Å². The van der Waals surface area contributed by atoms with Crippen LogP contribution in [0.1, 0.15) is 54.7 Å². The summed E-state index contributed by atoms with van der Waals surface area (Å²) in [5, 5.41) is 2.77. The molecule has 0 saturated carbocycles. The Morgan fingerprint density at radius 1 is 1.03 bits per heavy atom. The molecule has 0 spiro atoms. The molecule has 7 heteroatoms. The van der Waals surface area contributed by atoms with Crippen LogP contribution in [-0.4, -0.2) is 31.4 Å². The average molecular weight is 413 g/mol. The third-order valence-corrected chi connectivity index (χ3v) is 4.42. The van der Waals surface area contributed by atoms with Gasteiger partial charge in [0.1, 0.15) is 18.1 Å². The molecule has 0 aliphatic rings. The molecule has 1 atom stereocenters. The minimum absolute atomic E-state index is 0.0370. The van der Waals surface area contributed by atoms with Crippen LogP contribution in [0.15, 0.2) is 42.5 Å². The van der Waals surface area contributed by atoms with Gasteiger partial charge >= 0.3 is 5.97 Å². The molecule has 160 valence electrons. The molecule has 0 bridgehead atoms. The molecule has 0 saturated heterocycles. The topological polar surface area (TPSA) is 90.9 Å². The predicted molar refractivity (Wildman–Crippen MR) is 112 cm³/mol. The molecule has 2 aromatic carbocycles. The standard InChI is InChI=1S/C23H27NO6/c1-5-29-22-11-8-18(15(2)25)12-19(22)14-30-23(27)13-21(24-16(3)26)17-6-9-20(28-4)10-7-17/h6-12,21H,5,13-14H2,1-4H3,(H,24,26). The highest BCUT2D eigenvalue weighted by atomic mass is 16.5. The van der Waals surface area contributed by atoms with Crippen molar-refractivity contribution in [1.82, 2.24) is 5.32 Å². The highest BCUT2D eigenvalue weighted by Gasteiger charge is 2.19. The molecule has 30 heavy (non-hydrogen) atoms. The zero-order valence-electron chi connectivity index (χ0n) is 17.7. The van der Waals surface area contributed by atoms with Gasteiger partial charge in [-0.25, -0.2) is 0 Å². The third kappa shape index (κ3) is 6.62. The molecule has 2 rings (SSSR count). The van der Waals surface area contributed by atoms with E-state index in [9.17, 15) is 14.4 Å². The number of nitrogens with one attached hydrogen (secondary N) is 1. The molecule has 1 unspecified atom stereocenters. The van der Waals surface area contributed by atoms with Crippen LogP contribution in [0.4, 0.5) is 0 Å². The van der Waals surface area contributed by atoms with Crippen LogP contribution in [0.25, 0.3) is 0 Å². The molecule has 0 heterocycles. The lowest BCUT2D eigenvalue weighted by molar-refractivity contribution is -0.145. The fourth-order valence-corrected chi connectivity index (χ4v) is 2.93. The van der Waals surface area contributed by atoms with E-state index in [1.807, 2.05) is 6.92 Å². The second-order valence-corrected chi connectivity index (χ2v) is 6.70. The zero-order chi connectivity index (χ0) is 22.1. The SMILES string of the molecule is CCOc1ccc(C(C)=O)cc1COC(=O)CC(NC(C)=O)c1ccc(OC)cc1. The number of esters is 1. The van der Waals surface area contributed by atoms with Crippen molar-refractivity contribution in [2.45, 2.75) is 39.8 Å². The molecule has 0 aromatic heterocycles. The van der Waals surface area contributed by atoms with E-state index in [-0.39, 0.29) is 24.7 Å². The monoisotopic (exact) mass is 413 g/mol. The van der Waals surface area contributed by atoms with Crippen LogP contribution in [0, 0.1) is 0 Å². The van der Waals surface area contributed by atoms with Gasteiger partial charge in [-0.05, 0) is 49.7 Å². The summed E-state index contributed by atoms with van der Waals surface area (Å²) in [6.07, 6.45) is -0.0394. The van der Waals surface area contributed by atoms with E-state index in [0.717, 1.165) is 5.56 Å². The summed E-state index contributed by atoms with van der Waals surface area (Å²) >= 11 is 0. The summed E-state index contributed by atoms with van der Waals surface area (Å²) in [7, 11) is 1.56. The van der Waals surface area contributed by atoms with Crippen LogP contribution in [0.5, 0.6) is 11.5 Å². The average Bonchev–Trinajstić information content (AvgIpc) is 2.72. The van der Waals surface area contributed by atoms with Crippen LogP contribution >= 0.6 is 0 Å². The number of amides is 1. The first-order valence-corrected chi connectivity index (χ1v) is 9.67. The number of hydrogen-bond donors (Lipinski definition) is 1. The van der Waals surface area contributed by atoms with Crippen molar-refractivity contribution in [3.8, 4) is 11.5 Å². The van der Waals surface area contributed by atoms with E-state index in [4.69, 9.17) is 14.2 Å². The number of ether oxygens (including phenoxy) is 3. The Hall–Kier alpha value is -3.35. The van der Waals surface area contributed by atoms with Crippen molar-refractivity contribution in [2.24, 2.45) is 0 Å². The van der Waals surface area contributed by atoms with Gasteiger partial charge < -0.3 is 19.5 Å². The molecule has 0 aliphatic carbocycles. The van der Waals surface area contributed by atoms with Crippen molar-refractivity contribution in [3.05, 3.63) is 59.2 Å². The second-order valence-electron chi connectivity index (χ2n) is 6.70. The van der Waals surface area contributed by atoms with E-state index < -0.39 is 12.0 Å². The predicted octanol–water partition coefficient (Wildman–Crippen LogP) is 3.61. The Bertz CT molecular complexity index is 891. The normalized spacial score (nSPS) is 11.3. The van der Waals surface area contributed by atoms with Crippen LogP contribution in [0.3, 0.4) is 0 Å². The van der Waals surface area contributed by atoms with E-state index >= 15 is 0 Å². The minimum atomic E-state index is -0.532. The molecule has 0 fully saturated rings. The number of benzene rings is 2. The van der Waals surface area contributed by atoms with Gasteiger partial charge in [-0.15, -0.1) is 0 Å². The smallest absolute Gasteiger partial charge is 0.308 e. The Balaban J connectivity index is 2.10. The van der Waals surface area contributed by atoms with E-state index in [2.05, 4.69) is 5.32 Å². The fourth-order valence-electron chi connectivity index (χ4n) is 2.93. The summed E-state index contributed by atoms with van der Waals surface area (Å²) in [6, 6.07) is 11.6. The Kier molecular flexibility index (Phi) is 8.41. The number of hydrogen-bond acceptors (Lipinski definition) is 6. The molecule has 1 N–H and O–H groups in total. The molecular formula is C23H27NO6. The van der Waals surface area contributed by atoms with Gasteiger partial charge in [0.25, 0.3) is 0 Å². The van der Waals surface area contributed by atoms with Crippen molar-refractivity contribution in [2.75, 3.05) is 13.7 Å². The fraction of sp³-hybridized carbons (Fsp3) is 0.348. The van der Waals surface area contributed by atoms with Crippen LogP contribution < -0.4 is 14.8 Å². The second kappa shape index (κ2) is 11.0. The van der Waals surface area contributed by atoms with Crippen LogP contribution in [-0.2, 0) is 20.9 Å². The Morgan fingerprint density at radius 3 is 2.30 bits per heavy atom. The highest BCUT2D eigenvalue weighted by molar-refractivity contribution is 5.94. The summed E-state index contributed by atoms with van der Waals surface area (Å²) in [6.45, 7) is 5.12. The summed E-state index contributed by atoms with van der Waals surface area (Å²) in [5.74, 6) is 0.410. The quantitative estimate of drug-likeness (QED) is 0.473. The van der Waals surface area contributed by atoms with Gasteiger partial charge in [-0.1, -0.05) is 12.1 Å². The zero-order valence-corrected chi connectivity index (χ0v) is 17.7. The van der Waals surface area contributed by atoms with Crippen molar-refractivity contribution in [1.29, 1.82) is 0 Å². The maximum absolute atomic E-state index is 12.5. The number of Topliss-reactive ketones (excluding diaryl/α,β-unsaturated/α-hetero) is 1. The summed E-state index contributed by atoms with van der Waals surface area (Å²) in [5.41, 5.74) is 1.88. The Morgan fingerprint density at radius 2 is 1.73 bits per heavy atom. The van der Waals surface area contributed by atoms with E-state index in [1.54, 1.807) is 49.6 Å².